The second-order valence-electron chi connectivity index (χ2n) is 2.94. The molecule has 0 aromatic heterocycles. The van der Waals surface area contributed by atoms with Crippen molar-refractivity contribution < 1.29 is 0 Å². The summed E-state index contributed by atoms with van der Waals surface area (Å²) in [5.41, 5.74) is 5.77. The highest BCUT2D eigenvalue weighted by Gasteiger charge is 2.32. The van der Waals surface area contributed by atoms with Crippen LogP contribution in [0.25, 0.3) is 0 Å². The van der Waals surface area contributed by atoms with E-state index in [2.05, 4.69) is 12.2 Å². The molecule has 2 bridgehead atoms. The van der Waals surface area contributed by atoms with Crippen LogP contribution in [-0.2, 0) is 0 Å². The van der Waals surface area contributed by atoms with Crippen molar-refractivity contribution in [2.45, 2.75) is 18.9 Å². The third-order valence-corrected chi connectivity index (χ3v) is 2.33. The van der Waals surface area contributed by atoms with E-state index in [1.165, 1.54) is 12.8 Å². The Morgan fingerprint density at radius 2 is 2.00 bits per heavy atom. The Bertz CT molecular complexity index is 133. The zero-order valence-electron chi connectivity index (χ0n) is 5.29. The summed E-state index contributed by atoms with van der Waals surface area (Å²) < 4.78 is 0. The summed E-state index contributed by atoms with van der Waals surface area (Å²) in [5, 5.41) is 0. The van der Waals surface area contributed by atoms with Crippen LogP contribution in [0.4, 0.5) is 0 Å². The van der Waals surface area contributed by atoms with Crippen LogP contribution >= 0.6 is 12.4 Å². The largest absolute Gasteiger partial charge is 0.327 e. The second-order valence-corrected chi connectivity index (χ2v) is 2.94. The number of halogens is 1. The Labute approximate surface area is 61.7 Å². The molecule has 0 heterocycles. The first-order chi connectivity index (χ1) is 3.86. The van der Waals surface area contributed by atoms with Gasteiger partial charge in [-0.15, -0.1) is 12.4 Å². The fourth-order valence-corrected chi connectivity index (χ4v) is 1.82. The van der Waals surface area contributed by atoms with Gasteiger partial charge in [0.2, 0.25) is 0 Å². The zero-order valence-corrected chi connectivity index (χ0v) is 6.10. The van der Waals surface area contributed by atoms with Crippen LogP contribution in [0.3, 0.4) is 0 Å². The smallest absolute Gasteiger partial charge is 0.0108 e. The lowest BCUT2D eigenvalue weighted by molar-refractivity contribution is 0.576. The van der Waals surface area contributed by atoms with Gasteiger partial charge in [-0.3, -0.25) is 0 Å². The van der Waals surface area contributed by atoms with Crippen molar-refractivity contribution in [2.75, 3.05) is 0 Å². The Morgan fingerprint density at radius 1 is 1.22 bits per heavy atom. The van der Waals surface area contributed by atoms with Gasteiger partial charge in [0.25, 0.3) is 0 Å². The maximum absolute atomic E-state index is 5.77. The number of fused-ring (bicyclic) bond motifs is 2. The summed E-state index contributed by atoms with van der Waals surface area (Å²) in [5.74, 6) is 1.58. The molecule has 0 aromatic rings. The van der Waals surface area contributed by atoms with E-state index in [0.717, 1.165) is 11.8 Å². The SMILES string of the molecule is Cl.N[C@@H]1C[C@@H]2C=C[C@H]1C2. The average Bonchev–Trinajstić information content (AvgIpc) is 2.23. The quantitative estimate of drug-likeness (QED) is 0.512. The van der Waals surface area contributed by atoms with Crippen LogP contribution in [0, 0.1) is 11.8 Å². The molecule has 0 saturated heterocycles. The van der Waals surface area contributed by atoms with Crippen molar-refractivity contribution in [1.82, 2.24) is 0 Å². The minimum Gasteiger partial charge on any atom is -0.327 e. The van der Waals surface area contributed by atoms with Crippen LogP contribution < -0.4 is 5.73 Å². The summed E-state index contributed by atoms with van der Waals surface area (Å²) in [6.45, 7) is 0. The normalized spacial score (nSPS) is 45.2. The minimum atomic E-state index is 0. The molecule has 1 saturated carbocycles. The van der Waals surface area contributed by atoms with Gasteiger partial charge in [0.05, 0.1) is 0 Å². The molecule has 0 spiro atoms. The molecule has 2 aliphatic rings. The predicted octanol–water partition coefficient (Wildman–Crippen LogP) is 1.33. The Morgan fingerprint density at radius 3 is 2.22 bits per heavy atom. The van der Waals surface area contributed by atoms with Gasteiger partial charge >= 0.3 is 0 Å². The molecule has 2 N–H and O–H groups in total. The van der Waals surface area contributed by atoms with Crippen LogP contribution in [-0.4, -0.2) is 6.04 Å². The van der Waals surface area contributed by atoms with Gasteiger partial charge in [0, 0.05) is 6.04 Å². The number of nitrogens with two attached hydrogens (primary N) is 1. The summed E-state index contributed by atoms with van der Waals surface area (Å²) >= 11 is 0. The lowest BCUT2D eigenvalue weighted by Gasteiger charge is -2.10. The van der Waals surface area contributed by atoms with E-state index < -0.39 is 0 Å². The molecular weight excluding hydrogens is 134 g/mol. The standard InChI is InChI=1S/C7H11N.ClH/c8-7-4-5-1-2-6(7)3-5;/h1-2,5-7H,3-4,8H2;1H/t5-,6+,7-;/m1./s1. The van der Waals surface area contributed by atoms with E-state index in [-0.39, 0.29) is 12.4 Å². The molecule has 9 heavy (non-hydrogen) atoms. The first-order valence-electron chi connectivity index (χ1n) is 3.30. The Kier molecular flexibility index (Phi) is 1.83. The second kappa shape index (κ2) is 2.31. The van der Waals surface area contributed by atoms with Gasteiger partial charge in [0.1, 0.15) is 0 Å². The predicted molar refractivity (Wildman–Crippen MR) is 40.6 cm³/mol. The van der Waals surface area contributed by atoms with Crippen LogP contribution in [0.15, 0.2) is 12.2 Å². The van der Waals surface area contributed by atoms with Gasteiger partial charge < -0.3 is 5.73 Å². The van der Waals surface area contributed by atoms with Crippen LogP contribution in [0.1, 0.15) is 12.8 Å². The average molecular weight is 146 g/mol. The molecule has 0 unspecified atom stereocenters. The van der Waals surface area contributed by atoms with Gasteiger partial charge in [-0.1, -0.05) is 12.2 Å². The van der Waals surface area contributed by atoms with Crippen molar-refractivity contribution in [3.63, 3.8) is 0 Å². The van der Waals surface area contributed by atoms with Crippen molar-refractivity contribution in [3.8, 4) is 0 Å². The molecule has 1 nitrogen and oxygen atoms in total. The van der Waals surface area contributed by atoms with Gasteiger partial charge in [-0.25, -0.2) is 0 Å². The highest BCUT2D eigenvalue weighted by Crippen LogP contribution is 2.37. The summed E-state index contributed by atoms with van der Waals surface area (Å²) in [6, 6.07) is 0.491. The topological polar surface area (TPSA) is 26.0 Å². The van der Waals surface area contributed by atoms with Crippen molar-refractivity contribution in [2.24, 2.45) is 17.6 Å². The Balaban J connectivity index is 0.000000405. The van der Waals surface area contributed by atoms with Gasteiger partial charge in [-0.05, 0) is 24.7 Å². The first kappa shape index (κ1) is 7.10. The lowest BCUT2D eigenvalue weighted by Crippen LogP contribution is -2.23. The van der Waals surface area contributed by atoms with Gasteiger partial charge in [-0.2, -0.15) is 0 Å². The molecule has 3 atom stereocenters. The molecular formula is C7H12ClN. The Hall–Kier alpha value is -0.0100. The molecule has 0 radical (unpaired) electrons. The van der Waals surface area contributed by atoms with E-state index in [9.17, 15) is 0 Å². The molecule has 0 aromatic carbocycles. The maximum Gasteiger partial charge on any atom is 0.0108 e. The van der Waals surface area contributed by atoms with Crippen LogP contribution in [0.2, 0.25) is 0 Å². The van der Waals surface area contributed by atoms with E-state index >= 15 is 0 Å². The summed E-state index contributed by atoms with van der Waals surface area (Å²) in [6.07, 6.45) is 7.16. The monoisotopic (exact) mass is 145 g/mol. The van der Waals surface area contributed by atoms with E-state index in [0.29, 0.717) is 6.04 Å². The molecule has 2 rings (SSSR count). The lowest BCUT2D eigenvalue weighted by atomic mass is 10.0. The van der Waals surface area contributed by atoms with Crippen LogP contribution in [0.5, 0.6) is 0 Å². The fraction of sp³-hybridized carbons (Fsp3) is 0.714. The fourth-order valence-electron chi connectivity index (χ4n) is 1.82. The third-order valence-electron chi connectivity index (χ3n) is 2.33. The molecule has 0 aliphatic heterocycles. The molecule has 2 heteroatoms. The number of allylic oxidation sites excluding steroid dienone is 1. The number of hydrogen-bond donors (Lipinski definition) is 1. The van der Waals surface area contributed by atoms with Crippen molar-refractivity contribution in [1.29, 1.82) is 0 Å². The first-order valence-corrected chi connectivity index (χ1v) is 3.30. The summed E-state index contributed by atoms with van der Waals surface area (Å²) in [4.78, 5) is 0. The third kappa shape index (κ3) is 0.993. The van der Waals surface area contributed by atoms with E-state index in [1.807, 2.05) is 0 Å². The highest BCUT2D eigenvalue weighted by molar-refractivity contribution is 5.85. The molecule has 52 valence electrons. The zero-order chi connectivity index (χ0) is 5.56. The van der Waals surface area contributed by atoms with E-state index in [1.54, 1.807) is 0 Å². The summed E-state index contributed by atoms with van der Waals surface area (Å²) in [7, 11) is 0. The van der Waals surface area contributed by atoms with Crippen molar-refractivity contribution in [3.05, 3.63) is 12.2 Å². The molecule has 0 amide bonds. The molecule has 2 aliphatic carbocycles. The minimum absolute atomic E-state index is 0. The molecule has 1 fully saturated rings. The number of hydrogen-bond acceptors (Lipinski definition) is 1. The maximum atomic E-state index is 5.77. The van der Waals surface area contributed by atoms with Gasteiger partial charge in [0.15, 0.2) is 0 Å². The highest BCUT2D eigenvalue weighted by atomic mass is 35.5. The van der Waals surface area contributed by atoms with E-state index in [4.69, 9.17) is 5.73 Å². The number of rotatable bonds is 0. The van der Waals surface area contributed by atoms with Crippen molar-refractivity contribution >= 4 is 12.4 Å².